The number of ether oxygens (including phenoxy) is 1. The van der Waals surface area contributed by atoms with E-state index in [0.717, 1.165) is 5.56 Å². The minimum absolute atomic E-state index is 0.0489. The fourth-order valence-corrected chi connectivity index (χ4v) is 3.52. The molecule has 0 bridgehead atoms. The van der Waals surface area contributed by atoms with Crippen molar-refractivity contribution in [3.63, 3.8) is 0 Å². The van der Waals surface area contributed by atoms with Crippen LogP contribution in [0.25, 0.3) is 11.0 Å². The second-order valence-electron chi connectivity index (χ2n) is 7.04. The zero-order chi connectivity index (χ0) is 18.6. The Labute approximate surface area is 145 Å². The molecule has 0 saturated carbocycles. The van der Waals surface area contributed by atoms with Gasteiger partial charge in [-0.1, -0.05) is 31.7 Å². The summed E-state index contributed by atoms with van der Waals surface area (Å²) in [5.74, 6) is -1.70. The number of aliphatic hydroxyl groups is 2. The van der Waals surface area contributed by atoms with Crippen LogP contribution in [0.15, 0.2) is 52.2 Å². The first-order chi connectivity index (χ1) is 11.6. The average molecular weight is 342 g/mol. The molecule has 5 heteroatoms. The third-order valence-electron chi connectivity index (χ3n) is 4.91. The van der Waals surface area contributed by atoms with Crippen LogP contribution in [-0.4, -0.2) is 22.1 Å². The number of aryl methyl sites for hydroxylation is 1. The molecule has 0 aliphatic carbocycles. The fourth-order valence-electron chi connectivity index (χ4n) is 3.52. The molecule has 0 radical (unpaired) electrons. The van der Waals surface area contributed by atoms with Crippen LogP contribution in [0.1, 0.15) is 31.4 Å². The van der Waals surface area contributed by atoms with Gasteiger partial charge in [-0.05, 0) is 31.1 Å². The SMILES string of the molecule is C=C[C@@]1(C)C[C@@](O)([C@@H](O)C(=C)C)Oc2c1c(=O)oc1cccc(C)c21. The summed E-state index contributed by atoms with van der Waals surface area (Å²) in [4.78, 5) is 12.6. The van der Waals surface area contributed by atoms with Gasteiger partial charge in [0, 0.05) is 11.8 Å². The number of rotatable bonds is 3. The summed E-state index contributed by atoms with van der Waals surface area (Å²) >= 11 is 0. The number of allylic oxidation sites excluding steroid dienone is 1. The minimum Gasteiger partial charge on any atom is -0.458 e. The van der Waals surface area contributed by atoms with Gasteiger partial charge in [0.05, 0.1) is 10.9 Å². The maximum Gasteiger partial charge on any atom is 0.344 e. The maximum atomic E-state index is 12.6. The standard InChI is InChI=1S/C20H22O5/c1-6-19(5)10-20(23,17(21)11(2)3)25-16-14-12(4)8-7-9-13(14)24-18(22)15(16)19/h6-9,17,21,23H,1-2,10H2,3-5H3/t17-,19-,20-/m0/s1. The molecule has 5 nitrogen and oxygen atoms in total. The molecular weight excluding hydrogens is 320 g/mol. The monoisotopic (exact) mass is 342 g/mol. The van der Waals surface area contributed by atoms with Crippen molar-refractivity contribution in [1.29, 1.82) is 0 Å². The molecular formula is C20H22O5. The Morgan fingerprint density at radius 2 is 2.12 bits per heavy atom. The smallest absolute Gasteiger partial charge is 0.344 e. The van der Waals surface area contributed by atoms with Gasteiger partial charge in [0.25, 0.3) is 0 Å². The summed E-state index contributed by atoms with van der Waals surface area (Å²) in [5, 5.41) is 22.1. The molecule has 0 unspecified atom stereocenters. The van der Waals surface area contributed by atoms with Crippen molar-refractivity contribution in [2.24, 2.45) is 0 Å². The van der Waals surface area contributed by atoms with E-state index in [9.17, 15) is 15.0 Å². The van der Waals surface area contributed by atoms with E-state index in [0.29, 0.717) is 22.1 Å². The Morgan fingerprint density at radius 1 is 1.44 bits per heavy atom. The molecule has 0 fully saturated rings. The van der Waals surface area contributed by atoms with E-state index in [-0.39, 0.29) is 12.2 Å². The lowest BCUT2D eigenvalue weighted by molar-refractivity contribution is -0.212. The number of hydrogen-bond donors (Lipinski definition) is 2. The van der Waals surface area contributed by atoms with Crippen LogP contribution in [-0.2, 0) is 5.41 Å². The first-order valence-corrected chi connectivity index (χ1v) is 8.08. The van der Waals surface area contributed by atoms with Crippen molar-refractivity contribution in [2.45, 2.75) is 44.5 Å². The van der Waals surface area contributed by atoms with E-state index in [1.165, 1.54) is 0 Å². The Morgan fingerprint density at radius 3 is 2.72 bits per heavy atom. The van der Waals surface area contributed by atoms with E-state index in [4.69, 9.17) is 9.15 Å². The molecule has 0 spiro atoms. The van der Waals surface area contributed by atoms with Gasteiger partial charge < -0.3 is 19.4 Å². The van der Waals surface area contributed by atoms with E-state index < -0.39 is 22.9 Å². The lowest BCUT2D eigenvalue weighted by Gasteiger charge is -2.44. The zero-order valence-corrected chi connectivity index (χ0v) is 14.6. The summed E-state index contributed by atoms with van der Waals surface area (Å²) in [6.45, 7) is 12.8. The van der Waals surface area contributed by atoms with Gasteiger partial charge in [0.2, 0.25) is 5.79 Å². The van der Waals surface area contributed by atoms with Crippen LogP contribution in [0.3, 0.4) is 0 Å². The van der Waals surface area contributed by atoms with Gasteiger partial charge in [0.15, 0.2) is 0 Å². The van der Waals surface area contributed by atoms with Crippen LogP contribution in [0.4, 0.5) is 0 Å². The summed E-state index contributed by atoms with van der Waals surface area (Å²) in [6, 6.07) is 5.30. The molecule has 1 aromatic heterocycles. The number of fused-ring (bicyclic) bond motifs is 3. The van der Waals surface area contributed by atoms with Gasteiger partial charge in [-0.2, -0.15) is 0 Å². The highest BCUT2D eigenvalue weighted by Crippen LogP contribution is 2.48. The third kappa shape index (κ3) is 2.51. The van der Waals surface area contributed by atoms with Crippen molar-refractivity contribution >= 4 is 11.0 Å². The van der Waals surface area contributed by atoms with Crippen LogP contribution in [0.5, 0.6) is 5.75 Å². The maximum absolute atomic E-state index is 12.6. The lowest BCUT2D eigenvalue weighted by atomic mass is 9.73. The fraction of sp³-hybridized carbons (Fsp3) is 0.350. The van der Waals surface area contributed by atoms with Gasteiger partial charge in [-0.15, -0.1) is 6.58 Å². The zero-order valence-electron chi connectivity index (χ0n) is 14.6. The van der Waals surface area contributed by atoms with E-state index in [1.807, 2.05) is 13.0 Å². The van der Waals surface area contributed by atoms with E-state index in [2.05, 4.69) is 13.2 Å². The van der Waals surface area contributed by atoms with Crippen molar-refractivity contribution in [2.75, 3.05) is 0 Å². The molecule has 25 heavy (non-hydrogen) atoms. The molecule has 0 amide bonds. The van der Waals surface area contributed by atoms with Crippen LogP contribution in [0, 0.1) is 6.92 Å². The highest BCUT2D eigenvalue weighted by Gasteiger charge is 2.51. The van der Waals surface area contributed by atoms with Gasteiger partial charge in [-0.25, -0.2) is 4.79 Å². The van der Waals surface area contributed by atoms with Crippen molar-refractivity contribution < 1.29 is 19.4 Å². The molecule has 2 aromatic rings. The normalized spacial score (nSPS) is 26.6. The minimum atomic E-state index is -1.93. The summed E-state index contributed by atoms with van der Waals surface area (Å²) in [6.07, 6.45) is 0.212. The van der Waals surface area contributed by atoms with Crippen molar-refractivity contribution in [1.82, 2.24) is 0 Å². The summed E-state index contributed by atoms with van der Waals surface area (Å²) in [5.41, 5.74) is 0.379. The second kappa shape index (κ2) is 5.58. The van der Waals surface area contributed by atoms with Crippen molar-refractivity contribution in [3.8, 4) is 5.75 Å². The Bertz CT molecular complexity index is 941. The molecule has 132 valence electrons. The Kier molecular flexibility index (Phi) is 3.89. The number of benzene rings is 1. The molecule has 2 N–H and O–H groups in total. The molecule has 3 atom stereocenters. The van der Waals surface area contributed by atoms with Crippen LogP contribution >= 0.6 is 0 Å². The summed E-state index contributed by atoms with van der Waals surface area (Å²) in [7, 11) is 0. The van der Waals surface area contributed by atoms with Gasteiger partial charge in [0.1, 0.15) is 17.4 Å². The average Bonchev–Trinajstić information content (AvgIpc) is 2.53. The van der Waals surface area contributed by atoms with Crippen LogP contribution < -0.4 is 10.4 Å². The quantitative estimate of drug-likeness (QED) is 0.662. The predicted molar refractivity (Wildman–Crippen MR) is 95.8 cm³/mol. The first kappa shape index (κ1) is 17.5. The molecule has 3 rings (SSSR count). The molecule has 1 aromatic carbocycles. The highest BCUT2D eigenvalue weighted by molar-refractivity contribution is 5.88. The van der Waals surface area contributed by atoms with Crippen LogP contribution in [0.2, 0.25) is 0 Å². The molecule has 1 aliphatic heterocycles. The van der Waals surface area contributed by atoms with E-state index in [1.54, 1.807) is 32.1 Å². The topological polar surface area (TPSA) is 79.9 Å². The van der Waals surface area contributed by atoms with Crippen molar-refractivity contribution in [3.05, 3.63) is 64.6 Å². The van der Waals surface area contributed by atoms with Gasteiger partial charge in [-0.3, -0.25) is 0 Å². The second-order valence-corrected chi connectivity index (χ2v) is 7.04. The third-order valence-corrected chi connectivity index (χ3v) is 4.91. The van der Waals surface area contributed by atoms with E-state index >= 15 is 0 Å². The first-order valence-electron chi connectivity index (χ1n) is 8.08. The summed E-state index contributed by atoms with van der Waals surface area (Å²) < 4.78 is 11.3. The number of aliphatic hydroxyl groups excluding tert-OH is 1. The Hall–Kier alpha value is -2.37. The highest BCUT2D eigenvalue weighted by atomic mass is 16.6. The largest absolute Gasteiger partial charge is 0.458 e. The molecule has 0 saturated heterocycles. The predicted octanol–water partition coefficient (Wildman–Crippen LogP) is 2.95. The lowest BCUT2D eigenvalue weighted by Crippen LogP contribution is -2.55. The molecule has 1 aliphatic rings. The Balaban J connectivity index is 2.40. The number of hydrogen-bond acceptors (Lipinski definition) is 5. The molecule has 2 heterocycles. The van der Waals surface area contributed by atoms with Gasteiger partial charge >= 0.3 is 5.63 Å².